The Bertz CT molecular complexity index is 334. The van der Waals surface area contributed by atoms with Crippen LogP contribution in [0.3, 0.4) is 0 Å². The van der Waals surface area contributed by atoms with Crippen molar-refractivity contribution in [3.05, 3.63) is 35.4 Å². The lowest BCUT2D eigenvalue weighted by atomic mass is 10.0. The molecule has 0 aliphatic carbocycles. The van der Waals surface area contributed by atoms with Crippen molar-refractivity contribution in [1.82, 2.24) is 5.32 Å². The van der Waals surface area contributed by atoms with Crippen molar-refractivity contribution in [3.63, 3.8) is 0 Å². The van der Waals surface area contributed by atoms with Crippen LogP contribution in [0, 0.1) is 0 Å². The molecule has 0 bridgehead atoms. The number of hydrogen-bond donors (Lipinski definition) is 1. The number of nitrogens with one attached hydrogen (secondary N) is 1. The highest BCUT2D eigenvalue weighted by Gasteiger charge is 2.10. The summed E-state index contributed by atoms with van der Waals surface area (Å²) in [7, 11) is 0. The third kappa shape index (κ3) is 6.81. The molecule has 0 saturated heterocycles. The molecule has 0 aliphatic rings. The first-order chi connectivity index (χ1) is 9.81. The maximum atomic E-state index is 3.69. The SMILES string of the molecule is CCCCSCC(NCCC)c1ccc(CCC)cc1. The first-order valence-corrected chi connectivity index (χ1v) is 9.37. The van der Waals surface area contributed by atoms with Crippen LogP contribution in [0.4, 0.5) is 0 Å². The Morgan fingerprint density at radius 3 is 2.35 bits per heavy atom. The van der Waals surface area contributed by atoms with E-state index in [-0.39, 0.29) is 0 Å². The van der Waals surface area contributed by atoms with Crippen LogP contribution in [-0.4, -0.2) is 18.1 Å². The lowest BCUT2D eigenvalue weighted by Gasteiger charge is -2.19. The highest BCUT2D eigenvalue weighted by atomic mass is 32.2. The Kier molecular flexibility index (Phi) is 9.86. The Morgan fingerprint density at radius 2 is 1.75 bits per heavy atom. The van der Waals surface area contributed by atoms with Crippen LogP contribution >= 0.6 is 11.8 Å². The van der Waals surface area contributed by atoms with E-state index in [0.717, 1.165) is 6.54 Å². The highest BCUT2D eigenvalue weighted by Crippen LogP contribution is 2.20. The van der Waals surface area contributed by atoms with Gasteiger partial charge in [-0.05, 0) is 42.7 Å². The van der Waals surface area contributed by atoms with Crippen molar-refractivity contribution in [2.75, 3.05) is 18.1 Å². The van der Waals surface area contributed by atoms with Crippen LogP contribution in [0.25, 0.3) is 0 Å². The van der Waals surface area contributed by atoms with Gasteiger partial charge in [0, 0.05) is 11.8 Å². The molecule has 0 spiro atoms. The average Bonchev–Trinajstić information content (AvgIpc) is 2.48. The van der Waals surface area contributed by atoms with Crippen LogP contribution in [0.2, 0.25) is 0 Å². The Labute approximate surface area is 129 Å². The summed E-state index contributed by atoms with van der Waals surface area (Å²) in [5.74, 6) is 2.47. The van der Waals surface area contributed by atoms with Crippen molar-refractivity contribution in [1.29, 1.82) is 0 Å². The van der Waals surface area contributed by atoms with Crippen molar-refractivity contribution in [2.24, 2.45) is 0 Å². The van der Waals surface area contributed by atoms with Crippen LogP contribution in [0.1, 0.15) is 63.6 Å². The second-order valence-corrected chi connectivity index (χ2v) is 6.58. The van der Waals surface area contributed by atoms with Gasteiger partial charge < -0.3 is 5.32 Å². The normalized spacial score (nSPS) is 12.6. The molecule has 0 radical (unpaired) electrons. The van der Waals surface area contributed by atoms with Gasteiger partial charge in [-0.3, -0.25) is 0 Å². The molecule has 1 nitrogen and oxygen atoms in total. The summed E-state index contributed by atoms with van der Waals surface area (Å²) in [5.41, 5.74) is 2.91. The maximum Gasteiger partial charge on any atom is 0.0411 e. The zero-order valence-electron chi connectivity index (χ0n) is 13.5. The van der Waals surface area contributed by atoms with Crippen molar-refractivity contribution < 1.29 is 0 Å². The van der Waals surface area contributed by atoms with Crippen molar-refractivity contribution in [2.45, 2.75) is 58.9 Å². The van der Waals surface area contributed by atoms with Crippen molar-refractivity contribution >= 4 is 11.8 Å². The number of rotatable bonds is 11. The number of benzene rings is 1. The molecule has 0 aliphatic heterocycles. The van der Waals surface area contributed by atoms with Gasteiger partial charge in [0.05, 0.1) is 0 Å². The van der Waals surface area contributed by atoms with Gasteiger partial charge in [-0.2, -0.15) is 11.8 Å². The fourth-order valence-electron chi connectivity index (χ4n) is 2.24. The largest absolute Gasteiger partial charge is 0.309 e. The van der Waals surface area contributed by atoms with E-state index in [1.165, 1.54) is 54.7 Å². The van der Waals surface area contributed by atoms with Crippen LogP contribution in [0.15, 0.2) is 24.3 Å². The average molecular weight is 294 g/mol. The lowest BCUT2D eigenvalue weighted by molar-refractivity contribution is 0.577. The minimum Gasteiger partial charge on any atom is -0.309 e. The van der Waals surface area contributed by atoms with Gasteiger partial charge in [-0.15, -0.1) is 0 Å². The van der Waals surface area contributed by atoms with E-state index in [1.54, 1.807) is 0 Å². The van der Waals surface area contributed by atoms with E-state index in [9.17, 15) is 0 Å². The molecule has 1 rings (SSSR count). The van der Waals surface area contributed by atoms with E-state index in [4.69, 9.17) is 0 Å². The van der Waals surface area contributed by atoms with Gasteiger partial charge >= 0.3 is 0 Å². The van der Waals surface area contributed by atoms with E-state index in [0.29, 0.717) is 6.04 Å². The Hall–Kier alpha value is -0.470. The quantitative estimate of drug-likeness (QED) is 0.562. The third-order valence-electron chi connectivity index (χ3n) is 3.49. The molecule has 1 atom stereocenters. The molecule has 20 heavy (non-hydrogen) atoms. The number of aryl methyl sites for hydroxylation is 1. The summed E-state index contributed by atoms with van der Waals surface area (Å²) in [4.78, 5) is 0. The zero-order valence-corrected chi connectivity index (χ0v) is 14.3. The van der Waals surface area contributed by atoms with Gasteiger partial charge in [-0.1, -0.05) is 57.9 Å². The predicted molar refractivity (Wildman–Crippen MR) is 93.7 cm³/mol. The molecule has 0 amide bonds. The molecule has 0 heterocycles. The molecule has 1 N–H and O–H groups in total. The van der Waals surface area contributed by atoms with E-state index in [2.05, 4.69) is 62.1 Å². The van der Waals surface area contributed by atoms with E-state index >= 15 is 0 Å². The topological polar surface area (TPSA) is 12.0 Å². The van der Waals surface area contributed by atoms with Crippen LogP contribution in [0.5, 0.6) is 0 Å². The number of thioether (sulfide) groups is 1. The highest BCUT2D eigenvalue weighted by molar-refractivity contribution is 7.99. The van der Waals surface area contributed by atoms with Gasteiger partial charge in [0.15, 0.2) is 0 Å². The monoisotopic (exact) mass is 293 g/mol. The predicted octanol–water partition coefficient (Wildman–Crippen LogP) is 5.21. The molecule has 0 saturated carbocycles. The number of unbranched alkanes of at least 4 members (excludes halogenated alkanes) is 1. The molecular weight excluding hydrogens is 262 g/mol. The second kappa shape index (κ2) is 11.2. The first kappa shape index (κ1) is 17.6. The zero-order chi connectivity index (χ0) is 14.6. The van der Waals surface area contributed by atoms with E-state index in [1.807, 2.05) is 0 Å². The second-order valence-electron chi connectivity index (χ2n) is 5.43. The smallest absolute Gasteiger partial charge is 0.0411 e. The molecule has 1 unspecified atom stereocenters. The molecule has 2 heteroatoms. The van der Waals surface area contributed by atoms with Crippen LogP contribution < -0.4 is 5.32 Å². The fourth-order valence-corrected chi connectivity index (χ4v) is 3.45. The first-order valence-electron chi connectivity index (χ1n) is 8.21. The maximum absolute atomic E-state index is 3.69. The Morgan fingerprint density at radius 1 is 1.00 bits per heavy atom. The molecular formula is C18H31NS. The van der Waals surface area contributed by atoms with Crippen LogP contribution in [-0.2, 0) is 6.42 Å². The van der Waals surface area contributed by atoms with E-state index < -0.39 is 0 Å². The molecule has 0 fully saturated rings. The minimum absolute atomic E-state index is 0.507. The van der Waals surface area contributed by atoms with Crippen molar-refractivity contribution in [3.8, 4) is 0 Å². The molecule has 1 aromatic rings. The summed E-state index contributed by atoms with van der Waals surface area (Å²) in [6, 6.07) is 9.75. The fraction of sp³-hybridized carbons (Fsp3) is 0.667. The molecule has 0 aromatic heterocycles. The van der Waals surface area contributed by atoms with Gasteiger partial charge in [0.2, 0.25) is 0 Å². The lowest BCUT2D eigenvalue weighted by Crippen LogP contribution is -2.24. The third-order valence-corrected chi connectivity index (χ3v) is 4.63. The molecule has 114 valence electrons. The van der Waals surface area contributed by atoms with Gasteiger partial charge in [-0.25, -0.2) is 0 Å². The standard InChI is InChI=1S/C18H31NS/c1-4-7-14-20-15-18(19-13-6-3)17-11-9-16(8-5-2)10-12-17/h9-12,18-19H,4-8,13-15H2,1-3H3. The Balaban J connectivity index is 2.56. The summed E-state index contributed by atoms with van der Waals surface area (Å²) in [5, 5.41) is 3.69. The van der Waals surface area contributed by atoms with Gasteiger partial charge in [0.25, 0.3) is 0 Å². The van der Waals surface area contributed by atoms with Gasteiger partial charge in [0.1, 0.15) is 0 Å². The molecule has 1 aromatic carbocycles. The summed E-state index contributed by atoms with van der Waals surface area (Å²) >= 11 is 2.08. The summed E-state index contributed by atoms with van der Waals surface area (Å²) < 4.78 is 0. The minimum atomic E-state index is 0.507. The number of hydrogen-bond acceptors (Lipinski definition) is 2. The summed E-state index contributed by atoms with van der Waals surface area (Å²) in [6.07, 6.45) is 6.25. The summed E-state index contributed by atoms with van der Waals surface area (Å²) in [6.45, 7) is 7.85.